The molecule has 2 aliphatic rings. The van der Waals surface area contributed by atoms with Crippen LogP contribution in [0.1, 0.15) is 19.8 Å². The smallest absolute Gasteiger partial charge is 0.414 e. The zero-order chi connectivity index (χ0) is 24.1. The summed E-state index contributed by atoms with van der Waals surface area (Å²) in [5.74, 6) is 0.743. The number of rotatable bonds is 7. The van der Waals surface area contributed by atoms with E-state index in [-0.39, 0.29) is 23.5 Å². The number of anilines is 1. The number of benzene rings is 2. The van der Waals surface area contributed by atoms with Crippen LogP contribution in [0.25, 0.3) is 0 Å². The Morgan fingerprint density at radius 1 is 1.26 bits per heavy atom. The Hall–Kier alpha value is -3.09. The Kier molecular flexibility index (Phi) is 7.39. The third kappa shape index (κ3) is 5.34. The van der Waals surface area contributed by atoms with Crippen LogP contribution in [0.5, 0.6) is 0 Å². The molecule has 0 spiro atoms. The van der Waals surface area contributed by atoms with Gasteiger partial charge in [0.15, 0.2) is 11.5 Å². The van der Waals surface area contributed by atoms with Gasteiger partial charge in [-0.15, -0.1) is 17.0 Å². The van der Waals surface area contributed by atoms with Gasteiger partial charge in [-0.2, -0.15) is 4.48 Å². The minimum Gasteiger partial charge on any atom is -0.442 e. The molecule has 0 radical (unpaired) electrons. The van der Waals surface area contributed by atoms with Crippen LogP contribution in [-0.4, -0.2) is 50.0 Å². The summed E-state index contributed by atoms with van der Waals surface area (Å²) >= 11 is 1.82. The van der Waals surface area contributed by atoms with Gasteiger partial charge in [-0.05, 0) is 24.1 Å². The van der Waals surface area contributed by atoms with E-state index in [1.807, 2.05) is 30.0 Å². The third-order valence-corrected chi connectivity index (χ3v) is 7.66. The Labute approximate surface area is 203 Å². The minimum atomic E-state index is -0.580. The van der Waals surface area contributed by atoms with Gasteiger partial charge in [-0.25, -0.2) is 9.18 Å². The molecule has 2 aromatic carbocycles. The van der Waals surface area contributed by atoms with Gasteiger partial charge in [0.2, 0.25) is 5.91 Å². The predicted molar refractivity (Wildman–Crippen MR) is 130 cm³/mol. The molecule has 2 amide bonds. The summed E-state index contributed by atoms with van der Waals surface area (Å²) < 4.78 is 20.5. The second kappa shape index (κ2) is 10.5. The van der Waals surface area contributed by atoms with Gasteiger partial charge in [0, 0.05) is 42.5 Å². The molecule has 1 N–H and O–H groups in total. The molecule has 178 valence electrons. The SMILES string of the molecule is CC(=O)NC[C@H]1CN(c2ccc([N+]3(C#N)CCC(CSc4ccccc4)CC3)c(F)c2)C(=O)O1. The highest BCUT2D eigenvalue weighted by molar-refractivity contribution is 7.99. The van der Waals surface area contributed by atoms with Gasteiger partial charge in [-0.1, -0.05) is 18.2 Å². The summed E-state index contributed by atoms with van der Waals surface area (Å²) in [6.07, 6.45) is 2.96. The maximum atomic E-state index is 15.3. The number of halogens is 1. The largest absolute Gasteiger partial charge is 0.442 e. The number of likely N-dealkylation sites (tertiary alicyclic amines) is 1. The fourth-order valence-corrected chi connectivity index (χ4v) is 5.57. The highest BCUT2D eigenvalue weighted by Crippen LogP contribution is 2.36. The van der Waals surface area contributed by atoms with E-state index in [0.29, 0.717) is 30.4 Å². The lowest BCUT2D eigenvalue weighted by Gasteiger charge is -2.36. The molecule has 0 bridgehead atoms. The van der Waals surface area contributed by atoms with E-state index in [1.54, 1.807) is 12.1 Å². The normalized spacial score (nSPS) is 24.4. The van der Waals surface area contributed by atoms with Crippen LogP contribution in [0, 0.1) is 23.2 Å². The van der Waals surface area contributed by atoms with Crippen molar-refractivity contribution in [2.75, 3.05) is 36.8 Å². The first-order valence-corrected chi connectivity index (χ1v) is 12.4. The number of ether oxygens (including phenoxy) is 1. The fraction of sp³-hybridized carbons (Fsp3) is 0.400. The number of quaternary nitrogens is 1. The number of carbonyl (C=O) groups excluding carboxylic acids is 2. The average molecular weight is 484 g/mol. The van der Waals surface area contributed by atoms with Crippen molar-refractivity contribution in [1.29, 1.82) is 5.26 Å². The highest BCUT2D eigenvalue weighted by Gasteiger charge is 2.40. The molecule has 2 aliphatic heterocycles. The van der Waals surface area contributed by atoms with E-state index < -0.39 is 18.0 Å². The molecular weight excluding hydrogens is 455 g/mol. The lowest BCUT2D eigenvalue weighted by Crippen LogP contribution is -2.51. The Morgan fingerprint density at radius 2 is 2.00 bits per heavy atom. The van der Waals surface area contributed by atoms with Gasteiger partial charge in [0.25, 0.3) is 0 Å². The van der Waals surface area contributed by atoms with Crippen LogP contribution in [0.4, 0.5) is 20.6 Å². The molecule has 4 rings (SSSR count). The number of amides is 2. The number of nitriles is 1. The molecule has 2 aromatic rings. The van der Waals surface area contributed by atoms with Gasteiger partial charge < -0.3 is 10.1 Å². The first kappa shape index (κ1) is 24.0. The molecule has 2 heterocycles. The van der Waals surface area contributed by atoms with Gasteiger partial charge in [0.1, 0.15) is 6.10 Å². The zero-order valence-electron chi connectivity index (χ0n) is 19.1. The van der Waals surface area contributed by atoms with Crippen LogP contribution in [0.3, 0.4) is 0 Å². The summed E-state index contributed by atoms with van der Waals surface area (Å²) in [4.78, 5) is 25.9. The second-order valence-electron chi connectivity index (χ2n) is 8.77. The van der Waals surface area contributed by atoms with Crippen molar-refractivity contribution in [3.8, 4) is 6.19 Å². The topological polar surface area (TPSA) is 82.4 Å². The summed E-state index contributed by atoms with van der Waals surface area (Å²) in [5.41, 5.74) is 0.713. The molecule has 0 aromatic heterocycles. The summed E-state index contributed by atoms with van der Waals surface area (Å²) in [5, 5.41) is 12.6. The van der Waals surface area contributed by atoms with E-state index in [2.05, 4.69) is 23.6 Å². The molecule has 0 saturated carbocycles. The maximum Gasteiger partial charge on any atom is 0.414 e. The maximum absolute atomic E-state index is 15.3. The van der Waals surface area contributed by atoms with E-state index in [4.69, 9.17) is 4.74 Å². The van der Waals surface area contributed by atoms with Crippen molar-refractivity contribution in [3.05, 3.63) is 54.3 Å². The Balaban J connectivity index is 1.40. The number of piperidine rings is 1. The summed E-state index contributed by atoms with van der Waals surface area (Å²) in [6, 6.07) is 14.8. The average Bonchev–Trinajstić information content (AvgIpc) is 3.23. The number of nitrogens with zero attached hydrogens (tertiary/aromatic N) is 3. The molecular formula is C25H28FN4O3S+. The van der Waals surface area contributed by atoms with Crippen LogP contribution in [0.15, 0.2) is 53.4 Å². The van der Waals surface area contributed by atoms with Crippen molar-refractivity contribution in [1.82, 2.24) is 9.80 Å². The van der Waals surface area contributed by atoms with Crippen molar-refractivity contribution in [2.45, 2.75) is 30.8 Å². The van der Waals surface area contributed by atoms with Crippen LogP contribution >= 0.6 is 11.8 Å². The molecule has 0 unspecified atom stereocenters. The van der Waals surface area contributed by atoms with Crippen LogP contribution in [-0.2, 0) is 9.53 Å². The van der Waals surface area contributed by atoms with Crippen LogP contribution in [0.2, 0.25) is 0 Å². The van der Waals surface area contributed by atoms with Crippen LogP contribution < -0.4 is 14.7 Å². The van der Waals surface area contributed by atoms with Gasteiger partial charge in [0.05, 0.1) is 31.9 Å². The number of thioether (sulfide) groups is 1. The first-order valence-electron chi connectivity index (χ1n) is 11.4. The molecule has 7 nitrogen and oxygen atoms in total. The molecule has 2 saturated heterocycles. The molecule has 2 fully saturated rings. The standard InChI is InChI=1S/C25H27FN4O3S/c1-18(31)28-14-21-15-29(25(32)33-21)20-7-8-24(23(26)13-20)30(17-27)11-9-19(10-12-30)16-34-22-5-3-2-4-6-22/h2-8,13,19,21H,9-12,14-16H2,1H3/p+1/t19?,21-,30?/m0/s1. The zero-order valence-corrected chi connectivity index (χ0v) is 19.9. The minimum absolute atomic E-state index is 0.0613. The highest BCUT2D eigenvalue weighted by atomic mass is 32.2. The van der Waals surface area contributed by atoms with E-state index in [0.717, 1.165) is 18.6 Å². The Morgan fingerprint density at radius 3 is 2.65 bits per heavy atom. The van der Waals surface area contributed by atoms with Crippen molar-refractivity contribution in [2.24, 2.45) is 5.92 Å². The lowest BCUT2D eigenvalue weighted by atomic mass is 9.96. The summed E-state index contributed by atoms with van der Waals surface area (Å²) in [7, 11) is 0. The lowest BCUT2D eigenvalue weighted by molar-refractivity contribution is -0.119. The monoisotopic (exact) mass is 483 g/mol. The number of carbonyl (C=O) groups is 2. The van der Waals surface area contributed by atoms with Crippen molar-refractivity contribution >= 4 is 35.1 Å². The van der Waals surface area contributed by atoms with E-state index >= 15 is 4.39 Å². The first-order chi connectivity index (χ1) is 16.4. The van der Waals surface area contributed by atoms with Gasteiger partial charge in [-0.3, -0.25) is 9.69 Å². The fourth-order valence-electron chi connectivity index (χ4n) is 4.46. The third-order valence-electron chi connectivity index (χ3n) is 6.42. The quantitative estimate of drug-likeness (QED) is 0.361. The van der Waals surface area contributed by atoms with Gasteiger partial charge >= 0.3 is 12.3 Å². The molecule has 1 atom stereocenters. The number of hydrogen-bond donors (Lipinski definition) is 1. The van der Waals surface area contributed by atoms with Crippen molar-refractivity contribution in [3.63, 3.8) is 0 Å². The van der Waals surface area contributed by atoms with E-state index in [9.17, 15) is 14.9 Å². The number of nitrogens with one attached hydrogen (secondary N) is 1. The van der Waals surface area contributed by atoms with E-state index in [1.165, 1.54) is 22.8 Å². The Bertz CT molecular complexity index is 1080. The molecule has 0 aliphatic carbocycles. The predicted octanol–water partition coefficient (Wildman–Crippen LogP) is 4.28. The number of cyclic esters (lactones) is 1. The number of hydrogen-bond acceptors (Lipinski definition) is 5. The molecule has 34 heavy (non-hydrogen) atoms. The molecule has 9 heteroatoms. The van der Waals surface area contributed by atoms with Crippen molar-refractivity contribution < 1.29 is 18.7 Å². The summed E-state index contributed by atoms with van der Waals surface area (Å²) in [6.45, 7) is 2.92. The second-order valence-corrected chi connectivity index (χ2v) is 9.87.